The van der Waals surface area contributed by atoms with Gasteiger partial charge in [0.1, 0.15) is 5.82 Å². The molecule has 0 aliphatic heterocycles. The number of nitro benzene ring substituents is 1. The van der Waals surface area contributed by atoms with Crippen LogP contribution < -0.4 is 4.72 Å². The smallest absolute Gasteiger partial charge is 0.292 e. The van der Waals surface area contributed by atoms with E-state index in [1.807, 2.05) is 6.92 Å². The van der Waals surface area contributed by atoms with Crippen molar-refractivity contribution in [2.75, 3.05) is 13.2 Å². The van der Waals surface area contributed by atoms with Gasteiger partial charge in [-0.1, -0.05) is 13.3 Å². The maximum Gasteiger partial charge on any atom is 0.292 e. The molecule has 118 valence electrons. The Hall–Kier alpha value is -1.58. The highest BCUT2D eigenvalue weighted by Gasteiger charge is 2.26. The van der Waals surface area contributed by atoms with Gasteiger partial charge >= 0.3 is 0 Å². The van der Waals surface area contributed by atoms with Gasteiger partial charge in [-0.25, -0.2) is 17.5 Å². The van der Waals surface area contributed by atoms with Gasteiger partial charge in [0.2, 0.25) is 10.0 Å². The minimum atomic E-state index is -4.12. The van der Waals surface area contributed by atoms with Crippen LogP contribution in [0.15, 0.2) is 23.1 Å². The second-order valence-electron chi connectivity index (χ2n) is 4.51. The molecule has 1 aromatic rings. The Bertz CT molecular complexity index is 606. The van der Waals surface area contributed by atoms with E-state index < -0.39 is 31.3 Å². The normalized spacial score (nSPS) is 13.1. The predicted molar refractivity (Wildman–Crippen MR) is 73.7 cm³/mol. The van der Waals surface area contributed by atoms with Gasteiger partial charge < -0.3 is 5.11 Å². The molecule has 9 heteroatoms. The number of halogens is 1. The molecule has 0 radical (unpaired) electrons. The Morgan fingerprint density at radius 1 is 1.48 bits per heavy atom. The summed E-state index contributed by atoms with van der Waals surface area (Å²) in [6, 6.07) is 2.29. The van der Waals surface area contributed by atoms with Crippen LogP contribution in [-0.2, 0) is 10.0 Å². The number of nitro groups is 1. The van der Waals surface area contributed by atoms with Gasteiger partial charge in [0.15, 0.2) is 4.90 Å². The van der Waals surface area contributed by atoms with Crippen LogP contribution in [0, 0.1) is 21.8 Å². The highest BCUT2D eigenvalue weighted by atomic mass is 32.2. The van der Waals surface area contributed by atoms with E-state index in [2.05, 4.69) is 4.72 Å². The number of sulfonamides is 1. The van der Waals surface area contributed by atoms with E-state index in [-0.39, 0.29) is 19.1 Å². The SMILES string of the molecule is CCC(CCO)CNS(=O)(=O)c1ccc(F)cc1[N+](=O)[O-]. The summed E-state index contributed by atoms with van der Waals surface area (Å²) < 4.78 is 39.5. The molecular formula is C12H17FN2O5S. The lowest BCUT2D eigenvalue weighted by Crippen LogP contribution is -2.30. The molecule has 1 atom stereocenters. The number of rotatable bonds is 8. The third-order valence-corrected chi connectivity index (χ3v) is 4.55. The summed E-state index contributed by atoms with van der Waals surface area (Å²) in [5.74, 6) is -0.961. The lowest BCUT2D eigenvalue weighted by atomic mass is 10.0. The van der Waals surface area contributed by atoms with Gasteiger partial charge in [-0.15, -0.1) is 0 Å². The molecule has 0 bridgehead atoms. The van der Waals surface area contributed by atoms with Crippen LogP contribution in [-0.4, -0.2) is 31.6 Å². The fourth-order valence-electron chi connectivity index (χ4n) is 1.80. The van der Waals surface area contributed by atoms with Gasteiger partial charge in [0, 0.05) is 13.2 Å². The van der Waals surface area contributed by atoms with Crippen LogP contribution in [0.4, 0.5) is 10.1 Å². The van der Waals surface area contributed by atoms with Crippen molar-refractivity contribution >= 4 is 15.7 Å². The molecule has 0 fully saturated rings. The fraction of sp³-hybridized carbons (Fsp3) is 0.500. The van der Waals surface area contributed by atoms with E-state index in [1.54, 1.807) is 0 Å². The first-order valence-electron chi connectivity index (χ1n) is 6.36. The van der Waals surface area contributed by atoms with Gasteiger partial charge in [-0.05, 0) is 24.5 Å². The quantitative estimate of drug-likeness (QED) is 0.556. The summed E-state index contributed by atoms with van der Waals surface area (Å²) in [6.45, 7) is 1.82. The summed E-state index contributed by atoms with van der Waals surface area (Å²) in [5.41, 5.74) is -0.808. The summed E-state index contributed by atoms with van der Waals surface area (Å²) in [5, 5.41) is 19.7. The molecule has 0 spiro atoms. The van der Waals surface area contributed by atoms with Crippen LogP contribution in [0.25, 0.3) is 0 Å². The lowest BCUT2D eigenvalue weighted by molar-refractivity contribution is -0.388. The van der Waals surface area contributed by atoms with E-state index in [1.165, 1.54) is 0 Å². The van der Waals surface area contributed by atoms with Crippen molar-refractivity contribution in [3.63, 3.8) is 0 Å². The third-order valence-electron chi connectivity index (χ3n) is 3.08. The molecule has 0 aliphatic rings. The summed E-state index contributed by atoms with van der Waals surface area (Å²) in [6.07, 6.45) is 1.07. The average molecular weight is 320 g/mol. The molecule has 1 rings (SSSR count). The number of aliphatic hydroxyl groups excluding tert-OH is 1. The molecule has 0 heterocycles. The first kappa shape index (κ1) is 17.5. The zero-order chi connectivity index (χ0) is 16.0. The van der Waals surface area contributed by atoms with E-state index in [0.29, 0.717) is 18.9 Å². The maximum atomic E-state index is 13.0. The average Bonchev–Trinajstić information content (AvgIpc) is 2.43. The molecule has 0 saturated carbocycles. The molecule has 7 nitrogen and oxygen atoms in total. The number of nitrogens with one attached hydrogen (secondary N) is 1. The Morgan fingerprint density at radius 2 is 2.14 bits per heavy atom. The van der Waals surface area contributed by atoms with E-state index in [0.717, 1.165) is 12.1 Å². The number of hydrogen-bond donors (Lipinski definition) is 2. The largest absolute Gasteiger partial charge is 0.396 e. The van der Waals surface area contributed by atoms with E-state index in [4.69, 9.17) is 5.11 Å². The monoisotopic (exact) mass is 320 g/mol. The number of hydrogen-bond acceptors (Lipinski definition) is 5. The first-order chi connectivity index (χ1) is 9.81. The molecule has 0 aromatic heterocycles. The Kier molecular flexibility index (Phi) is 6.19. The van der Waals surface area contributed by atoms with Crippen LogP contribution in [0.5, 0.6) is 0 Å². The lowest BCUT2D eigenvalue weighted by Gasteiger charge is -2.14. The second kappa shape index (κ2) is 7.43. The molecule has 0 amide bonds. The number of benzene rings is 1. The molecular weight excluding hydrogens is 303 g/mol. The van der Waals surface area contributed by atoms with Gasteiger partial charge in [0.05, 0.1) is 11.0 Å². The van der Waals surface area contributed by atoms with Crippen LogP contribution >= 0.6 is 0 Å². The van der Waals surface area contributed by atoms with Gasteiger partial charge in [-0.2, -0.15) is 0 Å². The zero-order valence-electron chi connectivity index (χ0n) is 11.5. The standard InChI is InChI=1S/C12H17FN2O5S/c1-2-9(5-6-16)8-14-21(19,20)12-4-3-10(13)7-11(12)15(17)18/h3-4,7,9,14,16H,2,5-6,8H2,1H3. The van der Waals surface area contributed by atoms with E-state index in [9.17, 15) is 22.9 Å². The van der Waals surface area contributed by atoms with Gasteiger partial charge in [0.25, 0.3) is 5.69 Å². The summed E-state index contributed by atoms with van der Waals surface area (Å²) >= 11 is 0. The minimum Gasteiger partial charge on any atom is -0.396 e. The summed E-state index contributed by atoms with van der Waals surface area (Å²) in [4.78, 5) is 9.31. The van der Waals surface area contributed by atoms with Crippen molar-refractivity contribution in [3.8, 4) is 0 Å². The van der Waals surface area contributed by atoms with Crippen molar-refractivity contribution in [3.05, 3.63) is 34.1 Å². The Balaban J connectivity index is 3.00. The Labute approximate surface area is 122 Å². The van der Waals surface area contributed by atoms with E-state index >= 15 is 0 Å². The number of aliphatic hydroxyl groups is 1. The van der Waals surface area contributed by atoms with Crippen LogP contribution in [0.3, 0.4) is 0 Å². The topological polar surface area (TPSA) is 110 Å². The van der Waals surface area contributed by atoms with Crippen molar-refractivity contribution in [2.24, 2.45) is 5.92 Å². The minimum absolute atomic E-state index is 0.0495. The highest BCUT2D eigenvalue weighted by Crippen LogP contribution is 2.24. The molecule has 0 aliphatic carbocycles. The molecule has 0 saturated heterocycles. The zero-order valence-corrected chi connectivity index (χ0v) is 12.3. The molecule has 2 N–H and O–H groups in total. The van der Waals surface area contributed by atoms with Gasteiger partial charge in [-0.3, -0.25) is 10.1 Å². The Morgan fingerprint density at radius 3 is 2.67 bits per heavy atom. The second-order valence-corrected chi connectivity index (χ2v) is 6.24. The van der Waals surface area contributed by atoms with Crippen LogP contribution in [0.2, 0.25) is 0 Å². The summed E-state index contributed by atoms with van der Waals surface area (Å²) in [7, 11) is -4.12. The maximum absolute atomic E-state index is 13.0. The highest BCUT2D eigenvalue weighted by molar-refractivity contribution is 7.89. The van der Waals surface area contributed by atoms with Crippen molar-refractivity contribution in [1.29, 1.82) is 0 Å². The molecule has 1 aromatic carbocycles. The third kappa shape index (κ3) is 4.73. The molecule has 1 unspecified atom stereocenters. The number of nitrogens with zero attached hydrogens (tertiary/aromatic N) is 1. The predicted octanol–water partition coefficient (Wildman–Crippen LogP) is 1.42. The van der Waals surface area contributed by atoms with Crippen molar-refractivity contribution in [2.45, 2.75) is 24.7 Å². The fourth-order valence-corrected chi connectivity index (χ4v) is 3.07. The van der Waals surface area contributed by atoms with Crippen molar-refractivity contribution < 1.29 is 22.8 Å². The molecule has 21 heavy (non-hydrogen) atoms. The first-order valence-corrected chi connectivity index (χ1v) is 7.84. The van der Waals surface area contributed by atoms with Crippen LogP contribution in [0.1, 0.15) is 19.8 Å². The van der Waals surface area contributed by atoms with Crippen molar-refractivity contribution in [1.82, 2.24) is 4.72 Å².